The number of piperidine rings is 1. The number of methoxy groups -OCH3 is 1. The minimum absolute atomic E-state index is 0.0232. The van der Waals surface area contributed by atoms with Gasteiger partial charge < -0.3 is 15.0 Å². The molecule has 1 aromatic carbocycles. The fourth-order valence-corrected chi connectivity index (χ4v) is 3.35. The van der Waals surface area contributed by atoms with Gasteiger partial charge in [-0.15, -0.1) is 0 Å². The third-order valence-electron chi connectivity index (χ3n) is 4.92. The topological polar surface area (TPSA) is 71.5 Å². The highest BCUT2D eigenvalue weighted by Gasteiger charge is 2.27. The molecule has 1 N–H and O–H groups in total. The first-order valence-corrected chi connectivity index (χ1v) is 9.20. The first-order chi connectivity index (χ1) is 13.1. The van der Waals surface area contributed by atoms with Gasteiger partial charge in [0.25, 0.3) is 0 Å². The van der Waals surface area contributed by atoms with Gasteiger partial charge >= 0.3 is 0 Å². The van der Waals surface area contributed by atoms with Crippen LogP contribution in [0.25, 0.3) is 0 Å². The van der Waals surface area contributed by atoms with Crippen LogP contribution in [-0.2, 0) is 16.0 Å². The van der Waals surface area contributed by atoms with Crippen molar-refractivity contribution in [2.75, 3.05) is 25.5 Å². The molecule has 0 spiro atoms. The van der Waals surface area contributed by atoms with Crippen LogP contribution in [0.2, 0.25) is 0 Å². The van der Waals surface area contributed by atoms with Gasteiger partial charge in [-0.1, -0.05) is 18.2 Å². The second-order valence-corrected chi connectivity index (χ2v) is 6.85. The predicted molar refractivity (Wildman–Crippen MR) is 104 cm³/mol. The maximum absolute atomic E-state index is 12.6. The van der Waals surface area contributed by atoms with Crippen LogP contribution < -0.4 is 10.1 Å². The molecule has 1 aromatic heterocycles. The molecule has 27 heavy (non-hydrogen) atoms. The van der Waals surface area contributed by atoms with E-state index in [0.717, 1.165) is 16.9 Å². The van der Waals surface area contributed by atoms with Gasteiger partial charge in [-0.2, -0.15) is 0 Å². The normalized spacial score (nSPS) is 14.7. The highest BCUT2D eigenvalue weighted by atomic mass is 16.5. The van der Waals surface area contributed by atoms with Gasteiger partial charge in [0, 0.05) is 30.8 Å². The molecule has 0 saturated carbocycles. The molecular formula is C21H25N3O3. The third kappa shape index (κ3) is 4.84. The summed E-state index contributed by atoms with van der Waals surface area (Å²) in [6.07, 6.45) is 3.32. The lowest BCUT2D eigenvalue weighted by atomic mass is 9.95. The zero-order chi connectivity index (χ0) is 19.2. The van der Waals surface area contributed by atoms with Crippen molar-refractivity contribution in [3.8, 4) is 5.75 Å². The van der Waals surface area contributed by atoms with E-state index in [0.29, 0.717) is 38.2 Å². The summed E-state index contributed by atoms with van der Waals surface area (Å²) < 4.78 is 5.32. The van der Waals surface area contributed by atoms with Crippen molar-refractivity contribution < 1.29 is 14.3 Å². The van der Waals surface area contributed by atoms with E-state index < -0.39 is 0 Å². The second-order valence-electron chi connectivity index (χ2n) is 6.85. The van der Waals surface area contributed by atoms with Crippen molar-refractivity contribution >= 4 is 17.6 Å². The number of aryl methyl sites for hydroxylation is 1. The number of pyridine rings is 1. The molecule has 6 heteroatoms. The van der Waals surface area contributed by atoms with Crippen LogP contribution in [0, 0.1) is 12.8 Å². The maximum Gasteiger partial charge on any atom is 0.228 e. The number of hydrogen-bond acceptors (Lipinski definition) is 4. The summed E-state index contributed by atoms with van der Waals surface area (Å²) in [6, 6.07) is 11.3. The number of nitrogens with one attached hydrogen (secondary N) is 1. The molecule has 142 valence electrons. The van der Waals surface area contributed by atoms with Crippen LogP contribution in [0.4, 0.5) is 5.82 Å². The van der Waals surface area contributed by atoms with E-state index in [1.165, 1.54) is 0 Å². The monoisotopic (exact) mass is 367 g/mol. The van der Waals surface area contributed by atoms with Gasteiger partial charge in [0.2, 0.25) is 11.8 Å². The van der Waals surface area contributed by atoms with E-state index in [1.54, 1.807) is 13.3 Å². The minimum Gasteiger partial charge on any atom is -0.496 e. The molecule has 3 rings (SSSR count). The lowest BCUT2D eigenvalue weighted by molar-refractivity contribution is -0.133. The van der Waals surface area contributed by atoms with Crippen molar-refractivity contribution in [3.05, 3.63) is 53.7 Å². The average molecular weight is 367 g/mol. The molecule has 2 heterocycles. The molecule has 0 aliphatic carbocycles. The van der Waals surface area contributed by atoms with Gasteiger partial charge in [0.05, 0.1) is 13.5 Å². The summed E-state index contributed by atoms with van der Waals surface area (Å²) in [7, 11) is 1.61. The number of benzene rings is 1. The Balaban J connectivity index is 1.52. The summed E-state index contributed by atoms with van der Waals surface area (Å²) >= 11 is 0. The first-order valence-electron chi connectivity index (χ1n) is 9.20. The van der Waals surface area contributed by atoms with E-state index in [2.05, 4.69) is 10.3 Å². The summed E-state index contributed by atoms with van der Waals surface area (Å²) in [5.74, 6) is 1.26. The van der Waals surface area contributed by atoms with Gasteiger partial charge in [-0.25, -0.2) is 4.98 Å². The van der Waals surface area contributed by atoms with Crippen molar-refractivity contribution in [1.82, 2.24) is 9.88 Å². The molecule has 1 saturated heterocycles. The fourth-order valence-electron chi connectivity index (χ4n) is 3.35. The quantitative estimate of drug-likeness (QED) is 0.882. The van der Waals surface area contributed by atoms with Crippen LogP contribution in [0.15, 0.2) is 42.6 Å². The molecular weight excluding hydrogens is 342 g/mol. The third-order valence-corrected chi connectivity index (χ3v) is 4.92. The lowest BCUT2D eigenvalue weighted by Gasteiger charge is -2.31. The molecule has 2 aromatic rings. The van der Waals surface area contributed by atoms with E-state index in [1.807, 2.05) is 48.2 Å². The lowest BCUT2D eigenvalue weighted by Crippen LogP contribution is -2.42. The number of aromatic nitrogens is 1. The molecule has 1 aliphatic rings. The predicted octanol–water partition coefficient (Wildman–Crippen LogP) is 2.82. The number of likely N-dealkylation sites (tertiary alicyclic amines) is 1. The number of rotatable bonds is 5. The first kappa shape index (κ1) is 18.9. The van der Waals surface area contributed by atoms with Crippen molar-refractivity contribution in [2.45, 2.75) is 26.2 Å². The number of ether oxygens (including phenoxy) is 1. The Labute approximate surface area is 159 Å². The summed E-state index contributed by atoms with van der Waals surface area (Å²) in [4.78, 5) is 31.1. The Morgan fingerprint density at radius 1 is 1.22 bits per heavy atom. The van der Waals surface area contributed by atoms with Gasteiger partial charge in [0.15, 0.2) is 0 Å². The second kappa shape index (κ2) is 8.66. The smallest absolute Gasteiger partial charge is 0.228 e. The molecule has 2 amide bonds. The van der Waals surface area contributed by atoms with Crippen LogP contribution in [0.5, 0.6) is 5.75 Å². The van der Waals surface area contributed by atoms with Crippen molar-refractivity contribution in [1.29, 1.82) is 0 Å². The van der Waals surface area contributed by atoms with Crippen molar-refractivity contribution in [2.24, 2.45) is 5.92 Å². The van der Waals surface area contributed by atoms with Crippen LogP contribution >= 0.6 is 0 Å². The molecule has 0 radical (unpaired) electrons. The Hall–Kier alpha value is -2.89. The zero-order valence-electron chi connectivity index (χ0n) is 15.8. The number of amides is 2. The maximum atomic E-state index is 12.6. The van der Waals surface area contributed by atoms with Crippen LogP contribution in [0.3, 0.4) is 0 Å². The molecule has 1 aliphatic heterocycles. The van der Waals surface area contributed by atoms with Gasteiger partial charge in [-0.3, -0.25) is 9.59 Å². The van der Waals surface area contributed by atoms with E-state index in [9.17, 15) is 9.59 Å². The van der Waals surface area contributed by atoms with Crippen LogP contribution in [-0.4, -0.2) is 41.9 Å². The SMILES string of the molecule is COc1ccccc1CC(=O)N1CCC(C(=O)Nc2cc(C)ccn2)CC1. The standard InChI is InChI=1S/C21H25N3O3/c1-15-7-10-22-19(13-15)23-21(26)16-8-11-24(12-9-16)20(25)14-17-5-3-4-6-18(17)27-2/h3-7,10,13,16H,8-9,11-12,14H2,1-2H3,(H,22,23,26). The summed E-state index contributed by atoms with van der Waals surface area (Å²) in [5.41, 5.74) is 1.94. The Bertz CT molecular complexity index is 814. The van der Waals surface area contributed by atoms with Gasteiger partial charge in [0.1, 0.15) is 11.6 Å². The molecule has 0 bridgehead atoms. The average Bonchev–Trinajstić information content (AvgIpc) is 2.68. The number of nitrogens with zero attached hydrogens (tertiary/aromatic N) is 2. The molecule has 6 nitrogen and oxygen atoms in total. The molecule has 0 atom stereocenters. The number of hydrogen-bond donors (Lipinski definition) is 1. The highest BCUT2D eigenvalue weighted by molar-refractivity contribution is 5.92. The largest absolute Gasteiger partial charge is 0.496 e. The Morgan fingerprint density at radius 2 is 1.96 bits per heavy atom. The van der Waals surface area contributed by atoms with E-state index in [4.69, 9.17) is 4.74 Å². The van der Waals surface area contributed by atoms with Crippen molar-refractivity contribution in [3.63, 3.8) is 0 Å². The summed E-state index contributed by atoms with van der Waals surface area (Å²) in [5, 5.41) is 2.88. The van der Waals surface area contributed by atoms with E-state index >= 15 is 0 Å². The Kier molecular flexibility index (Phi) is 6.06. The Morgan fingerprint density at radius 3 is 2.67 bits per heavy atom. The highest BCUT2D eigenvalue weighted by Crippen LogP contribution is 2.22. The number of carbonyl (C=O) groups excluding carboxylic acids is 2. The molecule has 0 unspecified atom stereocenters. The fraction of sp³-hybridized carbons (Fsp3) is 0.381. The van der Waals surface area contributed by atoms with Gasteiger partial charge in [-0.05, 0) is 43.5 Å². The minimum atomic E-state index is -0.0948. The van der Waals surface area contributed by atoms with E-state index in [-0.39, 0.29) is 17.7 Å². The zero-order valence-corrected chi connectivity index (χ0v) is 15.8. The number of para-hydroxylation sites is 1. The molecule has 1 fully saturated rings. The summed E-state index contributed by atoms with van der Waals surface area (Å²) in [6.45, 7) is 3.14. The van der Waals surface area contributed by atoms with Crippen LogP contribution in [0.1, 0.15) is 24.0 Å². The number of carbonyl (C=O) groups is 2. The number of anilines is 1.